The second-order valence-electron chi connectivity index (χ2n) is 4.59. The predicted octanol–water partition coefficient (Wildman–Crippen LogP) is 3.10. The summed E-state index contributed by atoms with van der Waals surface area (Å²) in [6.07, 6.45) is 1.67. The van der Waals surface area contributed by atoms with Crippen LogP contribution in [0.25, 0.3) is 10.9 Å². The van der Waals surface area contributed by atoms with Gasteiger partial charge in [0.05, 0.1) is 17.7 Å². The summed E-state index contributed by atoms with van der Waals surface area (Å²) in [5.74, 6) is -0.296. The number of benzene rings is 2. The fraction of sp³-hybridized carbons (Fsp3) is 0.0588. The fourth-order valence-electron chi connectivity index (χ4n) is 2.10. The van der Waals surface area contributed by atoms with Crippen LogP contribution in [0.5, 0.6) is 0 Å². The Morgan fingerprint density at radius 1 is 1.00 bits per heavy atom. The van der Waals surface area contributed by atoms with Gasteiger partial charge in [-0.25, -0.2) is 5.48 Å². The molecule has 0 fully saturated rings. The van der Waals surface area contributed by atoms with E-state index in [0.717, 1.165) is 10.9 Å². The van der Waals surface area contributed by atoms with Crippen LogP contribution < -0.4 is 5.48 Å². The molecule has 0 atom stereocenters. The lowest BCUT2D eigenvalue weighted by Crippen LogP contribution is -2.23. The Kier molecular flexibility index (Phi) is 3.89. The highest BCUT2D eigenvalue weighted by atomic mass is 16.6. The molecule has 3 rings (SSSR count). The van der Waals surface area contributed by atoms with Gasteiger partial charge in [0.2, 0.25) is 0 Å². The second kappa shape index (κ2) is 6.15. The number of nitrogens with zero attached hydrogens (tertiary/aromatic N) is 1. The molecule has 0 radical (unpaired) electrons. The van der Waals surface area contributed by atoms with Crippen LogP contribution in [0.2, 0.25) is 0 Å². The first kappa shape index (κ1) is 13.3. The van der Waals surface area contributed by atoms with E-state index >= 15 is 0 Å². The van der Waals surface area contributed by atoms with Gasteiger partial charge in [-0.05, 0) is 17.7 Å². The van der Waals surface area contributed by atoms with E-state index in [2.05, 4.69) is 10.5 Å². The van der Waals surface area contributed by atoms with E-state index in [1.54, 1.807) is 12.3 Å². The number of nitrogens with one attached hydrogen (secondary N) is 1. The van der Waals surface area contributed by atoms with Gasteiger partial charge in [-0.15, -0.1) is 0 Å². The first-order chi connectivity index (χ1) is 10.3. The molecule has 0 spiro atoms. The van der Waals surface area contributed by atoms with Crippen molar-refractivity contribution in [1.29, 1.82) is 0 Å². The number of carbonyl (C=O) groups excluding carboxylic acids is 1. The average molecular weight is 278 g/mol. The lowest BCUT2D eigenvalue weighted by molar-refractivity contribution is 0.0235. The average Bonchev–Trinajstić information content (AvgIpc) is 2.55. The van der Waals surface area contributed by atoms with E-state index in [9.17, 15) is 4.79 Å². The first-order valence-electron chi connectivity index (χ1n) is 6.64. The van der Waals surface area contributed by atoms with Crippen molar-refractivity contribution in [3.05, 3.63) is 78.0 Å². The van der Waals surface area contributed by atoms with Gasteiger partial charge in [0, 0.05) is 11.6 Å². The van der Waals surface area contributed by atoms with E-state index in [0.29, 0.717) is 17.7 Å². The number of amides is 1. The Bertz CT molecular complexity index is 752. The van der Waals surface area contributed by atoms with Crippen molar-refractivity contribution in [3.8, 4) is 0 Å². The molecule has 1 heterocycles. The summed E-state index contributed by atoms with van der Waals surface area (Å²) >= 11 is 0. The van der Waals surface area contributed by atoms with Crippen molar-refractivity contribution in [2.45, 2.75) is 6.61 Å². The minimum absolute atomic E-state index is 0.296. The molecule has 2 aromatic carbocycles. The van der Waals surface area contributed by atoms with Crippen molar-refractivity contribution >= 4 is 16.8 Å². The van der Waals surface area contributed by atoms with Gasteiger partial charge in [0.25, 0.3) is 5.91 Å². The summed E-state index contributed by atoms with van der Waals surface area (Å²) in [5.41, 5.74) is 4.62. The molecule has 104 valence electrons. The molecule has 0 aliphatic carbocycles. The number of rotatable bonds is 4. The van der Waals surface area contributed by atoms with Crippen LogP contribution in [0.1, 0.15) is 15.9 Å². The highest BCUT2D eigenvalue weighted by molar-refractivity contribution is 6.04. The molecule has 4 heteroatoms. The molecule has 0 saturated carbocycles. The van der Waals surface area contributed by atoms with Gasteiger partial charge < -0.3 is 0 Å². The molecule has 4 nitrogen and oxygen atoms in total. The fourth-order valence-corrected chi connectivity index (χ4v) is 2.10. The van der Waals surface area contributed by atoms with Gasteiger partial charge in [-0.2, -0.15) is 0 Å². The minimum Gasteiger partial charge on any atom is -0.269 e. The zero-order valence-corrected chi connectivity index (χ0v) is 11.3. The topological polar surface area (TPSA) is 51.2 Å². The zero-order valence-electron chi connectivity index (χ0n) is 11.3. The van der Waals surface area contributed by atoms with Crippen LogP contribution in [-0.4, -0.2) is 10.9 Å². The van der Waals surface area contributed by atoms with Gasteiger partial charge in [0.15, 0.2) is 0 Å². The second-order valence-corrected chi connectivity index (χ2v) is 4.59. The quantitative estimate of drug-likeness (QED) is 0.746. The summed E-state index contributed by atoms with van der Waals surface area (Å²) < 4.78 is 0. The number of hydrogen-bond donors (Lipinski definition) is 1. The lowest BCUT2D eigenvalue weighted by atomic mass is 10.1. The Morgan fingerprint density at radius 3 is 2.67 bits per heavy atom. The van der Waals surface area contributed by atoms with Crippen LogP contribution in [0, 0.1) is 0 Å². The number of hydrogen-bond acceptors (Lipinski definition) is 3. The van der Waals surface area contributed by atoms with E-state index < -0.39 is 0 Å². The highest BCUT2D eigenvalue weighted by Crippen LogP contribution is 2.15. The van der Waals surface area contributed by atoms with Crippen LogP contribution in [0.15, 0.2) is 66.9 Å². The number of para-hydroxylation sites is 1. The van der Waals surface area contributed by atoms with Gasteiger partial charge in [-0.3, -0.25) is 14.6 Å². The SMILES string of the molecule is O=C(NOCc1ccccc1)c1cccc2cccnc12. The number of aromatic nitrogens is 1. The van der Waals surface area contributed by atoms with Gasteiger partial charge >= 0.3 is 0 Å². The molecule has 1 aromatic heterocycles. The van der Waals surface area contributed by atoms with Gasteiger partial charge in [-0.1, -0.05) is 48.5 Å². The summed E-state index contributed by atoms with van der Waals surface area (Å²) in [5, 5.41) is 0.924. The molecule has 0 saturated heterocycles. The smallest absolute Gasteiger partial charge is 0.269 e. The molecule has 0 aliphatic heterocycles. The predicted molar refractivity (Wildman–Crippen MR) is 80.4 cm³/mol. The van der Waals surface area contributed by atoms with Crippen molar-refractivity contribution in [2.24, 2.45) is 0 Å². The first-order valence-corrected chi connectivity index (χ1v) is 6.64. The third-order valence-electron chi connectivity index (χ3n) is 3.12. The number of hydroxylamine groups is 1. The molecular weight excluding hydrogens is 264 g/mol. The number of pyridine rings is 1. The normalized spacial score (nSPS) is 10.5. The van der Waals surface area contributed by atoms with E-state index in [4.69, 9.17) is 4.84 Å². The van der Waals surface area contributed by atoms with Gasteiger partial charge in [0.1, 0.15) is 0 Å². The van der Waals surface area contributed by atoms with Crippen molar-refractivity contribution in [3.63, 3.8) is 0 Å². The van der Waals surface area contributed by atoms with Crippen LogP contribution in [0.4, 0.5) is 0 Å². The zero-order chi connectivity index (χ0) is 14.5. The lowest BCUT2D eigenvalue weighted by Gasteiger charge is -2.07. The molecule has 1 N–H and O–H groups in total. The van der Waals surface area contributed by atoms with Crippen molar-refractivity contribution in [2.75, 3.05) is 0 Å². The summed E-state index contributed by atoms with van der Waals surface area (Å²) in [7, 11) is 0. The molecular formula is C17H14N2O2. The Morgan fingerprint density at radius 2 is 1.81 bits per heavy atom. The van der Waals surface area contributed by atoms with Crippen LogP contribution in [0.3, 0.4) is 0 Å². The Hall–Kier alpha value is -2.72. The molecule has 0 aliphatic rings. The third-order valence-corrected chi connectivity index (χ3v) is 3.12. The van der Waals surface area contributed by atoms with E-state index in [1.165, 1.54) is 0 Å². The maximum absolute atomic E-state index is 12.2. The van der Waals surface area contributed by atoms with Crippen LogP contribution in [-0.2, 0) is 11.4 Å². The Balaban J connectivity index is 1.70. The summed E-state index contributed by atoms with van der Waals surface area (Å²) in [4.78, 5) is 21.7. The standard InChI is InChI=1S/C17H14N2O2/c20-17(19-21-12-13-6-2-1-3-7-13)15-10-4-8-14-9-5-11-18-16(14)15/h1-11H,12H2,(H,19,20). The largest absolute Gasteiger partial charge is 0.277 e. The van der Waals surface area contributed by atoms with Crippen LogP contribution >= 0.6 is 0 Å². The maximum Gasteiger partial charge on any atom is 0.277 e. The summed E-state index contributed by atoms with van der Waals surface area (Å²) in [6, 6.07) is 18.9. The molecule has 21 heavy (non-hydrogen) atoms. The van der Waals surface area contributed by atoms with Crippen molar-refractivity contribution in [1.82, 2.24) is 10.5 Å². The highest BCUT2D eigenvalue weighted by Gasteiger charge is 2.10. The Labute approximate surface area is 122 Å². The third kappa shape index (κ3) is 3.07. The molecule has 0 bridgehead atoms. The molecule has 3 aromatic rings. The molecule has 0 unspecified atom stereocenters. The number of fused-ring (bicyclic) bond motifs is 1. The summed E-state index contributed by atoms with van der Waals surface area (Å²) in [6.45, 7) is 0.324. The van der Waals surface area contributed by atoms with E-state index in [-0.39, 0.29) is 5.91 Å². The minimum atomic E-state index is -0.296. The maximum atomic E-state index is 12.2. The van der Waals surface area contributed by atoms with E-state index in [1.807, 2.05) is 54.6 Å². The monoisotopic (exact) mass is 278 g/mol. The number of carbonyl (C=O) groups is 1. The van der Waals surface area contributed by atoms with Crippen molar-refractivity contribution < 1.29 is 9.63 Å². The molecule has 1 amide bonds.